The van der Waals surface area contributed by atoms with E-state index >= 15 is 0 Å². The highest BCUT2D eigenvalue weighted by Crippen LogP contribution is 2.34. The Balaban J connectivity index is 2.21. The SMILES string of the molecule is CCOc1ccc2ccc(OCC)c(C=C3C(=O)N(C)C(=S)N3CC(=O)OC)c2c1. The van der Waals surface area contributed by atoms with E-state index in [1.807, 2.05) is 44.2 Å². The Morgan fingerprint density at radius 3 is 2.50 bits per heavy atom. The van der Waals surface area contributed by atoms with Crippen LogP contribution in [0.3, 0.4) is 0 Å². The molecule has 1 saturated heterocycles. The molecule has 1 aliphatic heterocycles. The third kappa shape index (κ3) is 4.09. The molecular formula is C22H24N2O5S. The lowest BCUT2D eigenvalue weighted by atomic mass is 10.0. The summed E-state index contributed by atoms with van der Waals surface area (Å²) in [5.74, 6) is 0.546. The number of carbonyl (C=O) groups excluding carboxylic acids is 2. The Labute approximate surface area is 180 Å². The van der Waals surface area contributed by atoms with Crippen LogP contribution in [0.1, 0.15) is 19.4 Å². The van der Waals surface area contributed by atoms with Crippen LogP contribution in [0.15, 0.2) is 36.0 Å². The van der Waals surface area contributed by atoms with Crippen molar-refractivity contribution in [1.29, 1.82) is 0 Å². The van der Waals surface area contributed by atoms with Crippen LogP contribution >= 0.6 is 12.2 Å². The number of hydrogen-bond acceptors (Lipinski definition) is 6. The van der Waals surface area contributed by atoms with Gasteiger partial charge in [0.15, 0.2) is 5.11 Å². The molecule has 1 heterocycles. The van der Waals surface area contributed by atoms with Gasteiger partial charge in [0, 0.05) is 12.6 Å². The Kier molecular flexibility index (Phi) is 6.56. The molecule has 1 fully saturated rings. The average molecular weight is 429 g/mol. The predicted molar refractivity (Wildman–Crippen MR) is 118 cm³/mol. The number of thiocarbonyl (C=S) groups is 1. The number of rotatable bonds is 7. The van der Waals surface area contributed by atoms with E-state index in [-0.39, 0.29) is 23.3 Å². The average Bonchev–Trinajstić information content (AvgIpc) is 2.93. The molecule has 30 heavy (non-hydrogen) atoms. The smallest absolute Gasteiger partial charge is 0.325 e. The number of fused-ring (bicyclic) bond motifs is 1. The van der Waals surface area contributed by atoms with Crippen molar-refractivity contribution in [2.45, 2.75) is 13.8 Å². The second kappa shape index (κ2) is 9.13. The van der Waals surface area contributed by atoms with Gasteiger partial charge in [0.25, 0.3) is 5.91 Å². The molecule has 2 aromatic rings. The minimum atomic E-state index is -0.493. The molecule has 1 aliphatic rings. The maximum Gasteiger partial charge on any atom is 0.325 e. The molecule has 158 valence electrons. The van der Waals surface area contributed by atoms with Crippen LogP contribution in [0.25, 0.3) is 16.8 Å². The molecule has 0 atom stereocenters. The maximum atomic E-state index is 12.9. The molecular weight excluding hydrogens is 404 g/mol. The van der Waals surface area contributed by atoms with Gasteiger partial charge in [0.2, 0.25) is 0 Å². The number of methoxy groups -OCH3 is 1. The molecule has 2 aromatic carbocycles. The molecule has 3 rings (SSSR count). The fourth-order valence-corrected chi connectivity index (χ4v) is 3.52. The normalized spacial score (nSPS) is 15.3. The van der Waals surface area contributed by atoms with Crippen molar-refractivity contribution in [3.63, 3.8) is 0 Å². The van der Waals surface area contributed by atoms with Gasteiger partial charge in [-0.1, -0.05) is 12.1 Å². The first kappa shape index (κ1) is 21.6. The Bertz CT molecular complexity index is 1030. The van der Waals surface area contributed by atoms with E-state index in [2.05, 4.69) is 0 Å². The Morgan fingerprint density at radius 2 is 1.83 bits per heavy atom. The molecule has 0 bridgehead atoms. The topological polar surface area (TPSA) is 68.3 Å². The van der Waals surface area contributed by atoms with E-state index < -0.39 is 5.97 Å². The van der Waals surface area contributed by atoms with Gasteiger partial charge in [0.1, 0.15) is 23.7 Å². The molecule has 0 saturated carbocycles. The van der Waals surface area contributed by atoms with Crippen molar-refractivity contribution in [3.05, 3.63) is 41.6 Å². The minimum Gasteiger partial charge on any atom is -0.494 e. The molecule has 0 unspecified atom stereocenters. The summed E-state index contributed by atoms with van der Waals surface area (Å²) in [6.07, 6.45) is 1.71. The summed E-state index contributed by atoms with van der Waals surface area (Å²) in [6, 6.07) is 9.59. The second-order valence-corrected chi connectivity index (χ2v) is 6.93. The zero-order chi connectivity index (χ0) is 21.8. The van der Waals surface area contributed by atoms with Crippen LogP contribution in [0.4, 0.5) is 0 Å². The van der Waals surface area contributed by atoms with Gasteiger partial charge >= 0.3 is 5.97 Å². The number of ether oxygens (including phenoxy) is 3. The molecule has 0 N–H and O–H groups in total. The van der Waals surface area contributed by atoms with Crippen LogP contribution in [0.2, 0.25) is 0 Å². The summed E-state index contributed by atoms with van der Waals surface area (Å²) in [5, 5.41) is 2.07. The zero-order valence-corrected chi connectivity index (χ0v) is 18.2. The van der Waals surface area contributed by atoms with Gasteiger partial charge in [-0.05, 0) is 61.1 Å². The van der Waals surface area contributed by atoms with Crippen LogP contribution in [0.5, 0.6) is 11.5 Å². The zero-order valence-electron chi connectivity index (χ0n) is 17.4. The second-order valence-electron chi connectivity index (χ2n) is 6.56. The van der Waals surface area contributed by atoms with Crippen LogP contribution in [0, 0.1) is 0 Å². The molecule has 8 heteroatoms. The van der Waals surface area contributed by atoms with Crippen molar-refractivity contribution >= 4 is 46.1 Å². The van der Waals surface area contributed by atoms with E-state index in [4.69, 9.17) is 26.4 Å². The summed E-state index contributed by atoms with van der Waals surface area (Å²) in [5.41, 5.74) is 0.996. The quantitative estimate of drug-likeness (QED) is 0.381. The molecule has 0 radical (unpaired) electrons. The van der Waals surface area contributed by atoms with E-state index in [9.17, 15) is 9.59 Å². The van der Waals surface area contributed by atoms with Crippen LogP contribution in [-0.2, 0) is 14.3 Å². The highest BCUT2D eigenvalue weighted by Gasteiger charge is 2.37. The molecule has 7 nitrogen and oxygen atoms in total. The summed E-state index contributed by atoms with van der Waals surface area (Å²) >= 11 is 5.37. The van der Waals surface area contributed by atoms with Gasteiger partial charge < -0.3 is 19.1 Å². The first-order valence-electron chi connectivity index (χ1n) is 9.61. The number of nitrogens with zero attached hydrogens (tertiary/aromatic N) is 2. The summed E-state index contributed by atoms with van der Waals surface area (Å²) in [4.78, 5) is 27.6. The van der Waals surface area contributed by atoms with Crippen molar-refractivity contribution in [1.82, 2.24) is 9.80 Å². The first-order chi connectivity index (χ1) is 14.4. The first-order valence-corrected chi connectivity index (χ1v) is 10.0. The number of benzene rings is 2. The lowest BCUT2D eigenvalue weighted by molar-refractivity contribution is -0.140. The van der Waals surface area contributed by atoms with Crippen molar-refractivity contribution in [2.75, 3.05) is 33.9 Å². The van der Waals surface area contributed by atoms with E-state index in [1.54, 1.807) is 13.1 Å². The van der Waals surface area contributed by atoms with E-state index in [1.165, 1.54) is 16.9 Å². The molecule has 0 aliphatic carbocycles. The largest absolute Gasteiger partial charge is 0.494 e. The minimum absolute atomic E-state index is 0.157. The van der Waals surface area contributed by atoms with Crippen molar-refractivity contribution in [2.24, 2.45) is 0 Å². The highest BCUT2D eigenvalue weighted by molar-refractivity contribution is 7.80. The van der Waals surface area contributed by atoms with Gasteiger partial charge in [-0.3, -0.25) is 14.5 Å². The fraction of sp³-hybridized carbons (Fsp3) is 0.318. The van der Waals surface area contributed by atoms with Crippen molar-refractivity contribution in [3.8, 4) is 11.5 Å². The summed E-state index contributed by atoms with van der Waals surface area (Å²) < 4.78 is 16.2. The molecule has 1 amide bonds. The number of carbonyl (C=O) groups is 2. The Morgan fingerprint density at radius 1 is 1.13 bits per heavy atom. The standard InChI is InChI=1S/C22H24N2O5S/c1-5-28-15-9-7-14-8-10-19(29-6-2)17(16(14)11-15)12-18-21(26)23(3)22(30)24(18)13-20(25)27-4/h7-12H,5-6,13H2,1-4H3. The number of likely N-dealkylation sites (N-methyl/N-ethyl adjacent to an activating group) is 1. The number of amides is 1. The maximum absolute atomic E-state index is 12.9. The summed E-state index contributed by atoms with van der Waals surface area (Å²) in [7, 11) is 2.87. The Hall–Kier alpha value is -3.13. The summed E-state index contributed by atoms with van der Waals surface area (Å²) in [6.45, 7) is 4.66. The monoisotopic (exact) mass is 428 g/mol. The lowest BCUT2D eigenvalue weighted by Gasteiger charge is -2.18. The van der Waals surface area contributed by atoms with Gasteiger partial charge in [-0.2, -0.15) is 0 Å². The van der Waals surface area contributed by atoms with Crippen molar-refractivity contribution < 1.29 is 23.8 Å². The number of hydrogen-bond donors (Lipinski definition) is 0. The van der Waals surface area contributed by atoms with Crippen LogP contribution in [-0.4, -0.2) is 60.7 Å². The fourth-order valence-electron chi connectivity index (χ4n) is 3.27. The van der Waals surface area contributed by atoms with Gasteiger partial charge in [-0.25, -0.2) is 0 Å². The van der Waals surface area contributed by atoms with E-state index in [0.29, 0.717) is 24.5 Å². The molecule has 0 aromatic heterocycles. The van der Waals surface area contributed by atoms with Gasteiger partial charge in [0.05, 0.1) is 20.3 Å². The van der Waals surface area contributed by atoms with Gasteiger partial charge in [-0.15, -0.1) is 0 Å². The lowest BCUT2D eigenvalue weighted by Crippen LogP contribution is -2.33. The molecule has 0 spiro atoms. The predicted octanol–water partition coefficient (Wildman–Crippen LogP) is 3.21. The third-order valence-corrected chi connectivity index (χ3v) is 5.23. The number of esters is 1. The van der Waals surface area contributed by atoms with Crippen LogP contribution < -0.4 is 9.47 Å². The third-order valence-electron chi connectivity index (χ3n) is 4.73. The van der Waals surface area contributed by atoms with E-state index in [0.717, 1.165) is 16.5 Å². The highest BCUT2D eigenvalue weighted by atomic mass is 32.1.